The van der Waals surface area contributed by atoms with Gasteiger partial charge in [0.1, 0.15) is 0 Å². The van der Waals surface area contributed by atoms with Crippen LogP contribution in [-0.4, -0.2) is 10.3 Å². The summed E-state index contributed by atoms with van der Waals surface area (Å²) in [6.45, 7) is 3.48. The SMILES string of the molecule is CCCCCCCCN1Sc2ccccc2S1. The molecule has 1 aromatic rings. The number of hydrogen-bond acceptors (Lipinski definition) is 3. The molecule has 0 aliphatic carbocycles. The van der Waals surface area contributed by atoms with Gasteiger partial charge in [-0.25, -0.2) is 0 Å². The zero-order valence-corrected chi connectivity index (χ0v) is 12.2. The number of fused-ring (bicyclic) bond motifs is 1. The summed E-state index contributed by atoms with van der Waals surface area (Å²) in [6.07, 6.45) is 8.28. The van der Waals surface area contributed by atoms with Crippen LogP contribution in [0.25, 0.3) is 0 Å². The third kappa shape index (κ3) is 4.23. The molecule has 0 radical (unpaired) electrons. The normalized spacial score (nSPS) is 15.1. The molecular formula is C14H21NS2. The van der Waals surface area contributed by atoms with Crippen molar-refractivity contribution in [3.63, 3.8) is 0 Å². The van der Waals surface area contributed by atoms with E-state index in [1.807, 2.05) is 23.9 Å². The van der Waals surface area contributed by atoms with Crippen molar-refractivity contribution in [3.05, 3.63) is 24.3 Å². The molecule has 0 fully saturated rings. The molecule has 0 saturated carbocycles. The molecule has 94 valence electrons. The van der Waals surface area contributed by atoms with Gasteiger partial charge in [-0.05, 0) is 42.4 Å². The maximum absolute atomic E-state index is 2.42. The van der Waals surface area contributed by atoms with Crippen molar-refractivity contribution < 1.29 is 0 Å². The number of rotatable bonds is 7. The summed E-state index contributed by atoms with van der Waals surface area (Å²) in [7, 11) is 0. The Morgan fingerprint density at radius 1 is 0.882 bits per heavy atom. The second-order valence-electron chi connectivity index (χ2n) is 4.45. The monoisotopic (exact) mass is 267 g/mol. The molecule has 0 spiro atoms. The Labute approximate surface area is 114 Å². The highest BCUT2D eigenvalue weighted by atomic mass is 32.2. The lowest BCUT2D eigenvalue weighted by Crippen LogP contribution is -2.03. The van der Waals surface area contributed by atoms with E-state index >= 15 is 0 Å². The van der Waals surface area contributed by atoms with Crippen LogP contribution in [0, 0.1) is 0 Å². The van der Waals surface area contributed by atoms with E-state index in [0.717, 1.165) is 0 Å². The lowest BCUT2D eigenvalue weighted by Gasteiger charge is -2.11. The van der Waals surface area contributed by atoms with Crippen LogP contribution in [0.4, 0.5) is 0 Å². The summed E-state index contributed by atoms with van der Waals surface area (Å²) < 4.78 is 2.42. The molecule has 0 amide bonds. The van der Waals surface area contributed by atoms with Gasteiger partial charge in [0.2, 0.25) is 0 Å². The highest BCUT2D eigenvalue weighted by molar-refractivity contribution is 8.14. The molecule has 1 aliphatic heterocycles. The van der Waals surface area contributed by atoms with E-state index < -0.39 is 0 Å². The number of nitrogens with zero attached hydrogens (tertiary/aromatic N) is 1. The Balaban J connectivity index is 1.60. The summed E-state index contributed by atoms with van der Waals surface area (Å²) in [6, 6.07) is 8.68. The van der Waals surface area contributed by atoms with Crippen LogP contribution in [0.15, 0.2) is 34.1 Å². The minimum Gasteiger partial charge on any atom is -0.186 e. The Morgan fingerprint density at radius 3 is 2.12 bits per heavy atom. The maximum Gasteiger partial charge on any atom is 0.0388 e. The van der Waals surface area contributed by atoms with E-state index in [1.54, 1.807) is 0 Å². The summed E-state index contributed by atoms with van der Waals surface area (Å²) >= 11 is 3.80. The summed E-state index contributed by atoms with van der Waals surface area (Å²) in [5, 5.41) is 0. The first-order valence-corrected chi connectivity index (χ1v) is 8.17. The van der Waals surface area contributed by atoms with Crippen LogP contribution < -0.4 is 0 Å². The van der Waals surface area contributed by atoms with Gasteiger partial charge in [-0.15, -0.1) is 0 Å². The topological polar surface area (TPSA) is 3.24 Å². The summed E-state index contributed by atoms with van der Waals surface area (Å²) in [5.74, 6) is 0. The Hall–Kier alpha value is -0.120. The lowest BCUT2D eigenvalue weighted by molar-refractivity contribution is 0.576. The van der Waals surface area contributed by atoms with Crippen molar-refractivity contribution >= 4 is 23.9 Å². The van der Waals surface area contributed by atoms with Gasteiger partial charge in [0, 0.05) is 16.3 Å². The highest BCUT2D eigenvalue weighted by Gasteiger charge is 2.19. The van der Waals surface area contributed by atoms with Gasteiger partial charge in [-0.1, -0.05) is 51.2 Å². The van der Waals surface area contributed by atoms with Crippen LogP contribution in [0.1, 0.15) is 45.4 Å². The molecule has 0 saturated heterocycles. The van der Waals surface area contributed by atoms with Gasteiger partial charge in [0.25, 0.3) is 0 Å². The van der Waals surface area contributed by atoms with Crippen LogP contribution in [0.5, 0.6) is 0 Å². The van der Waals surface area contributed by atoms with Gasteiger partial charge in [-0.2, -0.15) is 3.71 Å². The first kappa shape index (κ1) is 13.3. The van der Waals surface area contributed by atoms with E-state index in [0.29, 0.717) is 0 Å². The molecule has 2 rings (SSSR count). The summed E-state index contributed by atoms with van der Waals surface area (Å²) in [4.78, 5) is 2.84. The summed E-state index contributed by atoms with van der Waals surface area (Å²) in [5.41, 5.74) is 0. The third-order valence-electron chi connectivity index (χ3n) is 2.94. The molecule has 1 nitrogen and oxygen atoms in total. The first-order chi connectivity index (χ1) is 8.40. The molecule has 0 unspecified atom stereocenters. The molecular weight excluding hydrogens is 246 g/mol. The Morgan fingerprint density at radius 2 is 1.47 bits per heavy atom. The fourth-order valence-corrected chi connectivity index (χ4v) is 4.28. The average Bonchev–Trinajstić information content (AvgIpc) is 2.76. The standard InChI is InChI=1S/C14H21NS2/c1-2-3-4-5-6-9-12-15-16-13-10-7-8-11-14(13)17-15/h7-8,10-11H,2-6,9,12H2,1H3. The van der Waals surface area contributed by atoms with Crippen LogP contribution in [-0.2, 0) is 0 Å². The smallest absolute Gasteiger partial charge is 0.0388 e. The Kier molecular flexibility index (Phi) is 5.75. The first-order valence-electron chi connectivity index (χ1n) is 6.62. The third-order valence-corrected chi connectivity index (χ3v) is 5.40. The fraction of sp³-hybridized carbons (Fsp3) is 0.571. The maximum atomic E-state index is 2.42. The van der Waals surface area contributed by atoms with E-state index in [2.05, 4.69) is 34.9 Å². The Bertz CT molecular complexity index is 316. The minimum atomic E-state index is 1.20. The van der Waals surface area contributed by atoms with Crippen molar-refractivity contribution in [1.29, 1.82) is 0 Å². The molecule has 3 heteroatoms. The van der Waals surface area contributed by atoms with Crippen molar-refractivity contribution in [1.82, 2.24) is 3.71 Å². The number of benzene rings is 1. The zero-order chi connectivity index (χ0) is 11.9. The van der Waals surface area contributed by atoms with E-state index in [1.165, 1.54) is 54.9 Å². The van der Waals surface area contributed by atoms with Gasteiger partial charge in [-0.3, -0.25) is 0 Å². The largest absolute Gasteiger partial charge is 0.186 e. The van der Waals surface area contributed by atoms with E-state index in [9.17, 15) is 0 Å². The molecule has 1 aromatic carbocycles. The van der Waals surface area contributed by atoms with E-state index in [-0.39, 0.29) is 0 Å². The number of unbranched alkanes of at least 4 members (excludes halogenated alkanes) is 5. The van der Waals surface area contributed by atoms with Gasteiger partial charge < -0.3 is 0 Å². The average molecular weight is 267 g/mol. The van der Waals surface area contributed by atoms with Crippen LogP contribution >= 0.6 is 23.9 Å². The van der Waals surface area contributed by atoms with Crippen molar-refractivity contribution in [2.24, 2.45) is 0 Å². The zero-order valence-electron chi connectivity index (χ0n) is 10.5. The minimum absolute atomic E-state index is 1.20. The second kappa shape index (κ2) is 7.34. The fourth-order valence-electron chi connectivity index (χ4n) is 1.95. The molecule has 0 bridgehead atoms. The molecule has 1 aliphatic rings. The molecule has 0 N–H and O–H groups in total. The lowest BCUT2D eigenvalue weighted by atomic mass is 10.1. The highest BCUT2D eigenvalue weighted by Crippen LogP contribution is 2.46. The molecule has 0 aromatic heterocycles. The second-order valence-corrected chi connectivity index (χ2v) is 6.81. The molecule has 1 heterocycles. The van der Waals surface area contributed by atoms with E-state index in [4.69, 9.17) is 0 Å². The van der Waals surface area contributed by atoms with Crippen molar-refractivity contribution in [2.45, 2.75) is 55.2 Å². The number of hydrogen-bond donors (Lipinski definition) is 0. The molecule has 17 heavy (non-hydrogen) atoms. The van der Waals surface area contributed by atoms with Crippen LogP contribution in [0.2, 0.25) is 0 Å². The predicted molar refractivity (Wildman–Crippen MR) is 78.2 cm³/mol. The quantitative estimate of drug-likeness (QED) is 0.482. The predicted octanol–water partition coefficient (Wildman–Crippen LogP) is 5.38. The van der Waals surface area contributed by atoms with Gasteiger partial charge >= 0.3 is 0 Å². The molecule has 0 atom stereocenters. The van der Waals surface area contributed by atoms with Gasteiger partial charge in [0.15, 0.2) is 0 Å². The van der Waals surface area contributed by atoms with Crippen molar-refractivity contribution in [2.75, 3.05) is 6.54 Å². The van der Waals surface area contributed by atoms with Gasteiger partial charge in [0.05, 0.1) is 0 Å². The van der Waals surface area contributed by atoms with Crippen LogP contribution in [0.3, 0.4) is 0 Å². The van der Waals surface area contributed by atoms with Crippen molar-refractivity contribution in [3.8, 4) is 0 Å².